The summed E-state index contributed by atoms with van der Waals surface area (Å²) in [5, 5.41) is 11.2. The minimum atomic E-state index is 0.323. The van der Waals surface area contributed by atoms with Gasteiger partial charge in [0.05, 0.1) is 12.2 Å². The summed E-state index contributed by atoms with van der Waals surface area (Å²) in [4.78, 5) is 4.79. The van der Waals surface area contributed by atoms with Gasteiger partial charge >= 0.3 is 0 Å². The van der Waals surface area contributed by atoms with Gasteiger partial charge < -0.3 is 10.6 Å². The molecule has 0 spiro atoms. The van der Waals surface area contributed by atoms with E-state index >= 15 is 0 Å². The minimum absolute atomic E-state index is 0.323. The number of aliphatic imine (C=N–C) groups is 1. The number of benzene rings is 1. The molecular weight excluding hydrogens is 330 g/mol. The van der Waals surface area contributed by atoms with Crippen molar-refractivity contribution in [1.82, 2.24) is 20.4 Å². The third-order valence-electron chi connectivity index (χ3n) is 4.42. The second kappa shape index (κ2) is 8.43. The van der Waals surface area contributed by atoms with Gasteiger partial charge in [-0.1, -0.05) is 18.2 Å². The molecule has 1 fully saturated rings. The second-order valence-corrected chi connectivity index (χ2v) is 8.21. The topological polar surface area (TPSA) is 54.2 Å². The lowest BCUT2D eigenvalue weighted by molar-refractivity contribution is 0.584. The van der Waals surface area contributed by atoms with Crippen LogP contribution in [0, 0.1) is 0 Å². The summed E-state index contributed by atoms with van der Waals surface area (Å²) in [5.41, 5.74) is 2.23. The van der Waals surface area contributed by atoms with E-state index in [1.165, 1.54) is 18.6 Å². The maximum Gasteiger partial charge on any atom is 0.191 e. The average Bonchev–Trinajstić information content (AvgIpc) is 3.30. The van der Waals surface area contributed by atoms with E-state index in [1.807, 2.05) is 23.0 Å². The first-order chi connectivity index (χ1) is 12.2. The van der Waals surface area contributed by atoms with Crippen LogP contribution in [0.3, 0.4) is 0 Å². The van der Waals surface area contributed by atoms with Crippen molar-refractivity contribution in [2.45, 2.75) is 38.0 Å². The van der Waals surface area contributed by atoms with Gasteiger partial charge in [-0.3, -0.25) is 0 Å². The van der Waals surface area contributed by atoms with Gasteiger partial charge in [-0.25, -0.2) is 9.67 Å². The molecule has 5 nitrogen and oxygen atoms in total. The molecule has 2 heterocycles. The lowest BCUT2D eigenvalue weighted by Crippen LogP contribution is -2.43. The monoisotopic (exact) mass is 357 g/mol. The Morgan fingerprint density at radius 1 is 1.32 bits per heavy atom. The molecule has 0 radical (unpaired) electrons. The molecule has 1 aliphatic heterocycles. The van der Waals surface area contributed by atoms with Crippen molar-refractivity contribution in [3.8, 4) is 5.69 Å². The molecule has 6 heteroatoms. The Kier molecular flexibility index (Phi) is 6.02. The summed E-state index contributed by atoms with van der Waals surface area (Å²) in [6.45, 7) is 6.87. The summed E-state index contributed by atoms with van der Waals surface area (Å²) >= 11 is 2.06. The number of hydrogen-bond donors (Lipinski definition) is 2. The zero-order valence-electron chi connectivity index (χ0n) is 15.0. The van der Waals surface area contributed by atoms with E-state index in [0.717, 1.165) is 30.3 Å². The third kappa shape index (κ3) is 4.78. The number of hydrogen-bond acceptors (Lipinski definition) is 3. The zero-order valence-corrected chi connectivity index (χ0v) is 15.9. The predicted molar refractivity (Wildman–Crippen MR) is 106 cm³/mol. The molecule has 3 rings (SSSR count). The van der Waals surface area contributed by atoms with E-state index in [-0.39, 0.29) is 0 Å². The maximum absolute atomic E-state index is 4.79. The van der Waals surface area contributed by atoms with Gasteiger partial charge in [0.25, 0.3) is 0 Å². The fourth-order valence-electron chi connectivity index (χ4n) is 3.03. The summed E-state index contributed by atoms with van der Waals surface area (Å²) in [5.74, 6) is 2.15. The molecule has 2 aromatic rings. The Labute approximate surface area is 154 Å². The Bertz CT molecular complexity index is 690. The fourth-order valence-corrected chi connectivity index (χ4v) is 4.28. The molecule has 1 aliphatic rings. The molecule has 1 saturated heterocycles. The first kappa shape index (κ1) is 17.9. The summed E-state index contributed by atoms with van der Waals surface area (Å²) in [6, 6.07) is 10.2. The normalized spacial score (nSPS) is 20.6. The molecule has 0 saturated carbocycles. The Morgan fingerprint density at radius 3 is 2.92 bits per heavy atom. The van der Waals surface area contributed by atoms with E-state index in [2.05, 4.69) is 59.5 Å². The summed E-state index contributed by atoms with van der Waals surface area (Å²) in [7, 11) is 0. The van der Waals surface area contributed by atoms with E-state index < -0.39 is 0 Å². The van der Waals surface area contributed by atoms with Crippen molar-refractivity contribution < 1.29 is 0 Å². The molecule has 1 aromatic heterocycles. The average molecular weight is 358 g/mol. The maximum atomic E-state index is 4.79. The standard InChI is InChI=1S/C19H27N5S/c1-3-20-18(22-15-19(2)10-6-13-25-19)21-14-16-8-4-5-9-17(16)24-12-7-11-23-24/h4-5,7-9,11-12H,3,6,10,13-15H2,1-2H3,(H2,20,21,22). The molecule has 2 N–H and O–H groups in total. The van der Waals surface area contributed by atoms with E-state index in [1.54, 1.807) is 6.20 Å². The minimum Gasteiger partial charge on any atom is -0.357 e. The third-order valence-corrected chi connectivity index (χ3v) is 5.96. The van der Waals surface area contributed by atoms with Crippen molar-refractivity contribution in [2.75, 3.05) is 18.8 Å². The van der Waals surface area contributed by atoms with Gasteiger partial charge in [-0.05, 0) is 50.1 Å². The molecule has 0 amide bonds. The molecule has 0 bridgehead atoms. The smallest absolute Gasteiger partial charge is 0.191 e. The van der Waals surface area contributed by atoms with Crippen LogP contribution in [0.25, 0.3) is 5.69 Å². The van der Waals surface area contributed by atoms with Gasteiger partial charge in [-0.15, -0.1) is 0 Å². The van der Waals surface area contributed by atoms with Crippen LogP contribution >= 0.6 is 11.8 Å². The quantitative estimate of drug-likeness (QED) is 0.616. The van der Waals surface area contributed by atoms with E-state index in [0.29, 0.717) is 11.3 Å². The zero-order chi connectivity index (χ0) is 17.5. The summed E-state index contributed by atoms with van der Waals surface area (Å²) < 4.78 is 2.21. The number of nitrogens with zero attached hydrogens (tertiary/aromatic N) is 3. The van der Waals surface area contributed by atoms with E-state index in [4.69, 9.17) is 4.99 Å². The number of rotatable bonds is 6. The van der Waals surface area contributed by atoms with Crippen molar-refractivity contribution in [2.24, 2.45) is 4.99 Å². The van der Waals surface area contributed by atoms with Crippen LogP contribution in [0.1, 0.15) is 32.3 Å². The van der Waals surface area contributed by atoms with Crippen LogP contribution in [0.5, 0.6) is 0 Å². The van der Waals surface area contributed by atoms with Crippen LogP contribution in [-0.2, 0) is 6.54 Å². The molecule has 1 unspecified atom stereocenters. The number of para-hydroxylation sites is 1. The van der Waals surface area contributed by atoms with E-state index in [9.17, 15) is 0 Å². The fraction of sp³-hybridized carbons (Fsp3) is 0.474. The van der Waals surface area contributed by atoms with Gasteiger partial charge in [0.15, 0.2) is 5.96 Å². The van der Waals surface area contributed by atoms with Crippen LogP contribution in [0.4, 0.5) is 0 Å². The molecule has 134 valence electrons. The SMILES string of the molecule is CCNC(=NCc1ccccc1-n1cccn1)NCC1(C)CCCS1. The van der Waals surface area contributed by atoms with Gasteiger partial charge in [0.1, 0.15) is 0 Å². The summed E-state index contributed by atoms with van der Waals surface area (Å²) in [6.07, 6.45) is 6.34. The van der Waals surface area contributed by atoms with Crippen molar-refractivity contribution in [1.29, 1.82) is 0 Å². The van der Waals surface area contributed by atoms with Crippen LogP contribution in [-0.4, -0.2) is 39.3 Å². The van der Waals surface area contributed by atoms with Crippen LogP contribution in [0.15, 0.2) is 47.7 Å². The highest BCUT2D eigenvalue weighted by Crippen LogP contribution is 2.36. The number of aromatic nitrogens is 2. The second-order valence-electron chi connectivity index (χ2n) is 6.53. The number of nitrogens with one attached hydrogen (secondary N) is 2. The van der Waals surface area contributed by atoms with Crippen molar-refractivity contribution >= 4 is 17.7 Å². The van der Waals surface area contributed by atoms with Gasteiger partial charge in [-0.2, -0.15) is 16.9 Å². The number of guanidine groups is 1. The lowest BCUT2D eigenvalue weighted by atomic mass is 10.1. The number of thioether (sulfide) groups is 1. The van der Waals surface area contributed by atoms with Crippen molar-refractivity contribution in [3.05, 3.63) is 48.3 Å². The van der Waals surface area contributed by atoms with Gasteiger partial charge in [0, 0.05) is 30.2 Å². The van der Waals surface area contributed by atoms with Crippen LogP contribution < -0.4 is 10.6 Å². The molecular formula is C19H27N5S. The Hall–Kier alpha value is -1.95. The molecule has 25 heavy (non-hydrogen) atoms. The highest BCUT2D eigenvalue weighted by molar-refractivity contribution is 8.00. The van der Waals surface area contributed by atoms with Crippen molar-refractivity contribution in [3.63, 3.8) is 0 Å². The first-order valence-corrected chi connectivity index (χ1v) is 9.93. The van der Waals surface area contributed by atoms with Crippen LogP contribution in [0.2, 0.25) is 0 Å². The highest BCUT2D eigenvalue weighted by atomic mass is 32.2. The Morgan fingerprint density at radius 2 is 2.20 bits per heavy atom. The molecule has 1 aromatic carbocycles. The first-order valence-electron chi connectivity index (χ1n) is 8.94. The predicted octanol–water partition coefficient (Wildman–Crippen LogP) is 3.21. The lowest BCUT2D eigenvalue weighted by Gasteiger charge is -2.24. The molecule has 0 aliphatic carbocycles. The van der Waals surface area contributed by atoms with Gasteiger partial charge in [0.2, 0.25) is 0 Å². The Balaban J connectivity index is 1.69. The highest BCUT2D eigenvalue weighted by Gasteiger charge is 2.29. The molecule has 1 atom stereocenters. The largest absolute Gasteiger partial charge is 0.357 e.